The highest BCUT2D eigenvalue weighted by Gasteiger charge is 2.23. The molecule has 1 fully saturated rings. The van der Waals surface area contributed by atoms with E-state index in [-0.39, 0.29) is 10.8 Å². The maximum absolute atomic E-state index is 12.2. The summed E-state index contributed by atoms with van der Waals surface area (Å²) in [6.45, 7) is 7.09. The average Bonchev–Trinajstić information content (AvgIpc) is 3.21. The first-order valence-corrected chi connectivity index (χ1v) is 9.93. The second-order valence-corrected chi connectivity index (χ2v) is 8.24. The fourth-order valence-electron chi connectivity index (χ4n) is 2.53. The first-order valence-electron chi connectivity index (χ1n) is 8.45. The van der Waals surface area contributed by atoms with E-state index < -0.39 is 10.0 Å². The molecule has 0 atom stereocenters. The number of amides is 1. The first-order chi connectivity index (χ1) is 11.4. The normalized spacial score (nSPS) is 15.4. The zero-order valence-corrected chi connectivity index (χ0v) is 15.2. The molecule has 1 aromatic heterocycles. The van der Waals surface area contributed by atoms with Crippen LogP contribution in [-0.4, -0.2) is 57.1 Å². The summed E-state index contributed by atoms with van der Waals surface area (Å²) in [5.74, 6) is 0.323. The predicted molar refractivity (Wildman–Crippen MR) is 91.4 cm³/mol. The number of rotatable bonds is 9. The van der Waals surface area contributed by atoms with Gasteiger partial charge in [-0.3, -0.25) is 4.79 Å². The van der Waals surface area contributed by atoms with Crippen LogP contribution in [0, 0.1) is 5.92 Å². The average molecular weight is 357 g/mol. The molecule has 0 radical (unpaired) electrons. The number of aromatic nitrogens is 1. The van der Waals surface area contributed by atoms with Crippen molar-refractivity contribution in [1.29, 1.82) is 0 Å². The Kier molecular flexibility index (Phi) is 6.82. The van der Waals surface area contributed by atoms with Crippen molar-refractivity contribution >= 4 is 15.9 Å². The lowest BCUT2D eigenvalue weighted by Gasteiger charge is -2.13. The standard InChI is InChI=1S/C16H27N3O4S/c1-13(2)12-23-9-5-6-18-24(21,22)14-10-15(17-11-14)16(20)19-7-3-4-8-19/h10-11,13,17-18H,3-9,12H2,1-2H3. The van der Waals surface area contributed by atoms with E-state index in [0.717, 1.165) is 25.9 Å². The van der Waals surface area contributed by atoms with Crippen molar-refractivity contribution in [3.63, 3.8) is 0 Å². The summed E-state index contributed by atoms with van der Waals surface area (Å²) in [6.07, 6.45) is 3.97. The van der Waals surface area contributed by atoms with Gasteiger partial charge in [0, 0.05) is 39.0 Å². The van der Waals surface area contributed by atoms with Gasteiger partial charge in [-0.2, -0.15) is 0 Å². The van der Waals surface area contributed by atoms with Gasteiger partial charge in [0.25, 0.3) is 5.91 Å². The summed E-state index contributed by atoms with van der Waals surface area (Å²) in [7, 11) is -3.61. The number of hydrogen-bond donors (Lipinski definition) is 2. The van der Waals surface area contributed by atoms with Gasteiger partial charge in [-0.1, -0.05) is 13.8 Å². The van der Waals surface area contributed by atoms with Crippen molar-refractivity contribution in [2.24, 2.45) is 5.92 Å². The van der Waals surface area contributed by atoms with Crippen LogP contribution in [0.5, 0.6) is 0 Å². The Morgan fingerprint density at radius 1 is 1.38 bits per heavy atom. The van der Waals surface area contributed by atoms with Crippen molar-refractivity contribution < 1.29 is 17.9 Å². The van der Waals surface area contributed by atoms with Crippen LogP contribution in [0.3, 0.4) is 0 Å². The molecule has 0 unspecified atom stereocenters. The lowest BCUT2D eigenvalue weighted by Crippen LogP contribution is -2.28. The number of H-pyrrole nitrogens is 1. The molecule has 1 amide bonds. The zero-order valence-electron chi connectivity index (χ0n) is 14.4. The van der Waals surface area contributed by atoms with E-state index in [2.05, 4.69) is 23.6 Å². The molecule has 1 aliphatic heterocycles. The van der Waals surface area contributed by atoms with Crippen LogP contribution in [-0.2, 0) is 14.8 Å². The second-order valence-electron chi connectivity index (χ2n) is 6.47. The highest BCUT2D eigenvalue weighted by molar-refractivity contribution is 7.89. The molecule has 2 rings (SSSR count). The van der Waals surface area contributed by atoms with Gasteiger partial charge in [-0.25, -0.2) is 13.1 Å². The van der Waals surface area contributed by atoms with E-state index in [0.29, 0.717) is 37.8 Å². The van der Waals surface area contributed by atoms with Crippen LogP contribution in [0.25, 0.3) is 0 Å². The van der Waals surface area contributed by atoms with Gasteiger partial charge in [-0.05, 0) is 31.2 Å². The maximum atomic E-state index is 12.2. The molecule has 2 heterocycles. The number of carbonyl (C=O) groups excluding carboxylic acids is 1. The highest BCUT2D eigenvalue weighted by Crippen LogP contribution is 2.15. The summed E-state index contributed by atoms with van der Waals surface area (Å²) >= 11 is 0. The molecule has 0 bridgehead atoms. The van der Waals surface area contributed by atoms with Gasteiger partial charge in [0.05, 0.1) is 0 Å². The molecule has 136 valence electrons. The Labute approximate surface area is 143 Å². The molecule has 7 nitrogen and oxygen atoms in total. The number of hydrogen-bond acceptors (Lipinski definition) is 4. The molecule has 1 aromatic rings. The van der Waals surface area contributed by atoms with Crippen molar-refractivity contribution in [2.45, 2.75) is 38.0 Å². The third kappa shape index (κ3) is 5.32. The van der Waals surface area contributed by atoms with Crippen molar-refractivity contribution in [3.8, 4) is 0 Å². The van der Waals surface area contributed by atoms with Crippen molar-refractivity contribution in [2.75, 3.05) is 32.8 Å². The van der Waals surface area contributed by atoms with E-state index >= 15 is 0 Å². The number of likely N-dealkylation sites (tertiary alicyclic amines) is 1. The van der Waals surface area contributed by atoms with Crippen LogP contribution >= 0.6 is 0 Å². The Bertz CT molecular complexity index is 634. The van der Waals surface area contributed by atoms with Crippen LogP contribution < -0.4 is 4.72 Å². The van der Waals surface area contributed by atoms with Gasteiger partial charge in [-0.15, -0.1) is 0 Å². The molecule has 8 heteroatoms. The number of aromatic amines is 1. The molecule has 24 heavy (non-hydrogen) atoms. The Balaban J connectivity index is 1.82. The van der Waals surface area contributed by atoms with Crippen LogP contribution in [0.4, 0.5) is 0 Å². The van der Waals surface area contributed by atoms with Crippen LogP contribution in [0.2, 0.25) is 0 Å². The predicted octanol–water partition coefficient (Wildman–Crippen LogP) is 1.59. The van der Waals surface area contributed by atoms with E-state index in [1.54, 1.807) is 4.90 Å². The summed E-state index contributed by atoms with van der Waals surface area (Å²) < 4.78 is 32.4. The van der Waals surface area contributed by atoms with Gasteiger partial charge in [0.15, 0.2) is 0 Å². The summed E-state index contributed by atoms with van der Waals surface area (Å²) in [5.41, 5.74) is 0.317. The quantitative estimate of drug-likeness (QED) is 0.657. The Morgan fingerprint density at radius 3 is 2.75 bits per heavy atom. The molecule has 2 N–H and O–H groups in total. The van der Waals surface area contributed by atoms with Crippen molar-refractivity contribution in [1.82, 2.24) is 14.6 Å². The number of nitrogens with one attached hydrogen (secondary N) is 2. The first kappa shape index (κ1) is 19.0. The highest BCUT2D eigenvalue weighted by atomic mass is 32.2. The summed E-state index contributed by atoms with van der Waals surface area (Å²) in [4.78, 5) is 16.8. The molecular weight excluding hydrogens is 330 g/mol. The van der Waals surface area contributed by atoms with Gasteiger partial charge in [0.2, 0.25) is 10.0 Å². The minimum atomic E-state index is -3.61. The Hall–Kier alpha value is -1.38. The number of carbonyl (C=O) groups is 1. The maximum Gasteiger partial charge on any atom is 0.270 e. The molecule has 1 aliphatic rings. The number of ether oxygens (including phenoxy) is 1. The smallest absolute Gasteiger partial charge is 0.270 e. The summed E-state index contributed by atoms with van der Waals surface area (Å²) in [5, 5.41) is 0. The van der Waals surface area contributed by atoms with E-state index in [9.17, 15) is 13.2 Å². The van der Waals surface area contributed by atoms with Gasteiger partial charge >= 0.3 is 0 Å². The molecule has 0 aromatic carbocycles. The molecular formula is C16H27N3O4S. The molecule has 0 aliphatic carbocycles. The third-order valence-electron chi connectivity index (χ3n) is 3.80. The topological polar surface area (TPSA) is 91.5 Å². The van der Waals surface area contributed by atoms with Crippen LogP contribution in [0.15, 0.2) is 17.2 Å². The lowest BCUT2D eigenvalue weighted by molar-refractivity contribution is 0.0787. The van der Waals surface area contributed by atoms with E-state index in [4.69, 9.17) is 4.74 Å². The largest absolute Gasteiger partial charge is 0.381 e. The lowest BCUT2D eigenvalue weighted by atomic mass is 10.2. The zero-order chi connectivity index (χ0) is 17.6. The molecule has 0 saturated carbocycles. The number of nitrogens with zero attached hydrogens (tertiary/aromatic N) is 1. The van der Waals surface area contributed by atoms with Crippen molar-refractivity contribution in [3.05, 3.63) is 18.0 Å². The van der Waals surface area contributed by atoms with E-state index in [1.165, 1.54) is 12.3 Å². The minimum Gasteiger partial charge on any atom is -0.381 e. The summed E-state index contributed by atoms with van der Waals surface area (Å²) in [6, 6.07) is 1.40. The van der Waals surface area contributed by atoms with Gasteiger partial charge < -0.3 is 14.6 Å². The fourth-order valence-corrected chi connectivity index (χ4v) is 3.59. The van der Waals surface area contributed by atoms with Gasteiger partial charge in [0.1, 0.15) is 10.6 Å². The molecule has 1 saturated heterocycles. The van der Waals surface area contributed by atoms with Crippen LogP contribution in [0.1, 0.15) is 43.6 Å². The second kappa shape index (κ2) is 8.64. The fraction of sp³-hybridized carbons (Fsp3) is 0.688. The number of sulfonamides is 1. The third-order valence-corrected chi connectivity index (χ3v) is 5.24. The SMILES string of the molecule is CC(C)COCCCNS(=O)(=O)c1c[nH]c(C(=O)N2CCCC2)c1. The monoisotopic (exact) mass is 357 g/mol. The molecule has 0 spiro atoms. The minimum absolute atomic E-state index is 0.0909. The van der Waals surface area contributed by atoms with E-state index in [1.807, 2.05) is 0 Å². The Morgan fingerprint density at radius 2 is 2.08 bits per heavy atom.